The monoisotopic (exact) mass is 287 g/mol. The summed E-state index contributed by atoms with van der Waals surface area (Å²) in [7, 11) is 0. The van der Waals surface area contributed by atoms with Crippen molar-refractivity contribution < 1.29 is 14.3 Å². The maximum absolute atomic E-state index is 12.9. The molecule has 0 heterocycles. The summed E-state index contributed by atoms with van der Waals surface area (Å²) in [6.07, 6.45) is 0.452. The fourth-order valence-electron chi connectivity index (χ4n) is 1.76. The van der Waals surface area contributed by atoms with E-state index < -0.39 is 5.82 Å². The molecule has 0 saturated carbocycles. The van der Waals surface area contributed by atoms with Gasteiger partial charge in [-0.15, -0.1) is 0 Å². The molecule has 1 aromatic rings. The van der Waals surface area contributed by atoms with Crippen LogP contribution in [0.5, 0.6) is 0 Å². The number of benzene rings is 1. The Morgan fingerprint density at radius 3 is 2.58 bits per heavy atom. The molecule has 0 saturated heterocycles. The first kappa shape index (κ1) is 15.9. The zero-order chi connectivity index (χ0) is 14.6. The average molecular weight is 288 g/mol. The maximum atomic E-state index is 12.9. The van der Waals surface area contributed by atoms with Crippen molar-refractivity contribution in [2.75, 3.05) is 6.61 Å². The summed E-state index contributed by atoms with van der Waals surface area (Å²) in [4.78, 5) is 12.1. The molecule has 0 aliphatic carbocycles. The van der Waals surface area contributed by atoms with Crippen LogP contribution in [0.15, 0.2) is 18.2 Å². The molecule has 1 atom stereocenters. The fourth-order valence-corrected chi connectivity index (χ4v) is 2.01. The summed E-state index contributed by atoms with van der Waals surface area (Å²) in [5, 5.41) is 12.0. The highest BCUT2D eigenvalue weighted by Crippen LogP contribution is 2.23. The Kier molecular flexibility index (Phi) is 5.32. The van der Waals surface area contributed by atoms with Gasteiger partial charge in [-0.2, -0.15) is 0 Å². The Hall–Kier alpha value is -1.13. The number of hydrogen-bond acceptors (Lipinski definition) is 2. The van der Waals surface area contributed by atoms with Crippen molar-refractivity contribution in [3.8, 4) is 0 Å². The van der Waals surface area contributed by atoms with Crippen LogP contribution in [0.25, 0.3) is 0 Å². The molecule has 0 bridgehead atoms. The van der Waals surface area contributed by atoms with Crippen LogP contribution in [0.1, 0.15) is 37.6 Å². The van der Waals surface area contributed by atoms with Crippen molar-refractivity contribution in [3.63, 3.8) is 0 Å². The molecule has 0 aliphatic rings. The number of carbonyl (C=O) groups is 1. The second kappa shape index (κ2) is 6.35. The van der Waals surface area contributed by atoms with Crippen LogP contribution in [0, 0.1) is 11.2 Å². The summed E-state index contributed by atoms with van der Waals surface area (Å²) in [6, 6.07) is 3.46. The lowest BCUT2D eigenvalue weighted by Gasteiger charge is -2.31. The minimum atomic E-state index is -0.482. The quantitative estimate of drug-likeness (QED) is 0.894. The van der Waals surface area contributed by atoms with Crippen molar-refractivity contribution in [1.82, 2.24) is 5.32 Å². The topological polar surface area (TPSA) is 49.3 Å². The van der Waals surface area contributed by atoms with E-state index in [-0.39, 0.29) is 34.6 Å². The van der Waals surface area contributed by atoms with E-state index >= 15 is 0 Å². The van der Waals surface area contributed by atoms with E-state index in [9.17, 15) is 9.18 Å². The zero-order valence-electron chi connectivity index (χ0n) is 11.3. The van der Waals surface area contributed by atoms with E-state index in [4.69, 9.17) is 16.7 Å². The van der Waals surface area contributed by atoms with Crippen LogP contribution in [0.2, 0.25) is 5.02 Å². The smallest absolute Gasteiger partial charge is 0.253 e. The standard InChI is InChI=1S/C14H19ClFNO2/c1-14(2,3)12(6-7-18)17-13(19)10-5-4-9(16)8-11(10)15/h4-5,8,12,18H,6-7H2,1-3H3,(H,17,19)/t12-/m1/s1. The van der Waals surface area contributed by atoms with E-state index in [0.717, 1.165) is 6.07 Å². The van der Waals surface area contributed by atoms with Crippen molar-refractivity contribution in [1.29, 1.82) is 0 Å². The largest absolute Gasteiger partial charge is 0.396 e. The van der Waals surface area contributed by atoms with Gasteiger partial charge >= 0.3 is 0 Å². The molecule has 3 nitrogen and oxygen atoms in total. The summed E-state index contributed by atoms with van der Waals surface area (Å²) in [5.41, 5.74) is 0.0421. The molecule has 0 radical (unpaired) electrons. The number of aliphatic hydroxyl groups is 1. The molecule has 19 heavy (non-hydrogen) atoms. The molecule has 2 N–H and O–H groups in total. The molecule has 0 spiro atoms. The number of hydrogen-bond donors (Lipinski definition) is 2. The number of carbonyl (C=O) groups excluding carboxylic acids is 1. The van der Waals surface area contributed by atoms with E-state index in [0.29, 0.717) is 6.42 Å². The molecule has 0 fully saturated rings. The van der Waals surface area contributed by atoms with Crippen LogP contribution in [0.3, 0.4) is 0 Å². The maximum Gasteiger partial charge on any atom is 0.253 e. The van der Waals surface area contributed by atoms with Gasteiger partial charge in [0, 0.05) is 12.6 Å². The molecule has 1 amide bonds. The predicted octanol–water partition coefficient (Wildman–Crippen LogP) is 3.01. The highest BCUT2D eigenvalue weighted by Gasteiger charge is 2.26. The van der Waals surface area contributed by atoms with Crippen LogP contribution < -0.4 is 5.32 Å². The lowest BCUT2D eigenvalue weighted by atomic mass is 9.85. The Labute approximate surface area is 117 Å². The molecule has 0 aromatic heterocycles. The second-order valence-corrected chi connectivity index (χ2v) is 5.94. The lowest BCUT2D eigenvalue weighted by Crippen LogP contribution is -2.44. The van der Waals surface area contributed by atoms with Crippen molar-refractivity contribution in [3.05, 3.63) is 34.6 Å². The SMILES string of the molecule is CC(C)(C)[C@@H](CCO)NC(=O)c1ccc(F)cc1Cl. The molecular weight excluding hydrogens is 269 g/mol. The molecule has 0 aliphatic heterocycles. The number of nitrogens with one attached hydrogen (secondary N) is 1. The van der Waals surface area contributed by atoms with E-state index in [1.54, 1.807) is 0 Å². The van der Waals surface area contributed by atoms with Gasteiger partial charge in [-0.1, -0.05) is 32.4 Å². The summed E-state index contributed by atoms with van der Waals surface area (Å²) in [6.45, 7) is 5.90. The highest BCUT2D eigenvalue weighted by atomic mass is 35.5. The normalized spacial score (nSPS) is 13.2. The third-order valence-electron chi connectivity index (χ3n) is 2.94. The van der Waals surface area contributed by atoms with Crippen LogP contribution in [-0.2, 0) is 0 Å². The number of amides is 1. The summed E-state index contributed by atoms with van der Waals surface area (Å²) < 4.78 is 12.9. The Morgan fingerprint density at radius 1 is 1.47 bits per heavy atom. The highest BCUT2D eigenvalue weighted by molar-refractivity contribution is 6.33. The van der Waals surface area contributed by atoms with Crippen molar-refractivity contribution in [2.45, 2.75) is 33.2 Å². The molecule has 5 heteroatoms. The van der Waals surface area contributed by atoms with Gasteiger partial charge in [0.25, 0.3) is 5.91 Å². The van der Waals surface area contributed by atoms with Gasteiger partial charge in [0.2, 0.25) is 0 Å². The third-order valence-corrected chi connectivity index (χ3v) is 3.26. The second-order valence-electron chi connectivity index (χ2n) is 5.53. The van der Waals surface area contributed by atoms with Gasteiger partial charge in [0.15, 0.2) is 0 Å². The molecule has 0 unspecified atom stereocenters. The van der Waals surface area contributed by atoms with Crippen LogP contribution in [0.4, 0.5) is 4.39 Å². The number of rotatable bonds is 4. The molecule has 1 aromatic carbocycles. The van der Waals surface area contributed by atoms with E-state index in [2.05, 4.69) is 5.32 Å². The lowest BCUT2D eigenvalue weighted by molar-refractivity contribution is 0.0885. The number of aliphatic hydroxyl groups excluding tert-OH is 1. The first-order valence-electron chi connectivity index (χ1n) is 6.12. The molecule has 106 valence electrons. The molecular formula is C14H19ClFNO2. The fraction of sp³-hybridized carbons (Fsp3) is 0.500. The van der Waals surface area contributed by atoms with Gasteiger partial charge in [0.05, 0.1) is 10.6 Å². The first-order valence-corrected chi connectivity index (χ1v) is 6.50. The van der Waals surface area contributed by atoms with Gasteiger partial charge in [-0.3, -0.25) is 4.79 Å². The predicted molar refractivity (Wildman–Crippen MR) is 73.8 cm³/mol. The Balaban J connectivity index is 2.88. The van der Waals surface area contributed by atoms with Gasteiger partial charge in [-0.05, 0) is 30.0 Å². The van der Waals surface area contributed by atoms with Crippen LogP contribution in [-0.4, -0.2) is 23.7 Å². The van der Waals surface area contributed by atoms with Crippen molar-refractivity contribution >= 4 is 17.5 Å². The minimum Gasteiger partial charge on any atom is -0.396 e. The number of halogens is 2. The molecule has 1 rings (SSSR count). The zero-order valence-corrected chi connectivity index (χ0v) is 12.1. The van der Waals surface area contributed by atoms with E-state index in [1.807, 2.05) is 20.8 Å². The Morgan fingerprint density at radius 2 is 2.11 bits per heavy atom. The van der Waals surface area contributed by atoms with Crippen molar-refractivity contribution in [2.24, 2.45) is 5.41 Å². The third kappa shape index (κ3) is 4.48. The van der Waals surface area contributed by atoms with Gasteiger partial charge < -0.3 is 10.4 Å². The van der Waals surface area contributed by atoms with Gasteiger partial charge in [0.1, 0.15) is 5.82 Å². The van der Waals surface area contributed by atoms with Gasteiger partial charge in [-0.25, -0.2) is 4.39 Å². The summed E-state index contributed by atoms with van der Waals surface area (Å²) >= 11 is 5.85. The van der Waals surface area contributed by atoms with Crippen LogP contribution >= 0.6 is 11.6 Å². The Bertz CT molecular complexity index is 457. The first-order chi connectivity index (χ1) is 8.75. The average Bonchev–Trinajstić information content (AvgIpc) is 2.26. The minimum absolute atomic E-state index is 0.0145. The van der Waals surface area contributed by atoms with E-state index in [1.165, 1.54) is 12.1 Å². The summed E-state index contributed by atoms with van der Waals surface area (Å²) in [5.74, 6) is -0.845.